The Balaban J connectivity index is 1.33. The topological polar surface area (TPSA) is 102 Å². The number of carboxylic acids is 1. The lowest BCUT2D eigenvalue weighted by Gasteiger charge is -2.34. The molecule has 1 amide bonds. The number of hydrogen-bond donors (Lipinski definition) is 2. The summed E-state index contributed by atoms with van der Waals surface area (Å²) in [6.45, 7) is 3.57. The van der Waals surface area contributed by atoms with Crippen LogP contribution in [0.4, 0.5) is 27.8 Å². The van der Waals surface area contributed by atoms with E-state index in [1.54, 1.807) is 16.8 Å². The third-order valence-corrected chi connectivity index (χ3v) is 9.41. The molecule has 43 heavy (non-hydrogen) atoms. The van der Waals surface area contributed by atoms with Crippen molar-refractivity contribution in [2.24, 2.45) is 0 Å². The average Bonchev–Trinajstić information content (AvgIpc) is 3.49. The number of carbonyl (C=O) groups is 2. The first-order chi connectivity index (χ1) is 20.2. The zero-order valence-corrected chi connectivity index (χ0v) is 24.3. The van der Waals surface area contributed by atoms with Gasteiger partial charge in [-0.25, -0.2) is 23.5 Å². The third kappa shape index (κ3) is 6.56. The Bertz CT molecular complexity index is 1410. The fraction of sp³-hybridized carbons (Fsp3) is 0.500. The molecule has 232 valence electrons. The van der Waals surface area contributed by atoms with Crippen LogP contribution in [0.5, 0.6) is 0 Å². The molecule has 15 heteroatoms. The summed E-state index contributed by atoms with van der Waals surface area (Å²) in [5.41, 5.74) is -3.66. The first kappa shape index (κ1) is 31.0. The summed E-state index contributed by atoms with van der Waals surface area (Å²) in [5, 5.41) is 11.9. The Morgan fingerprint density at radius 3 is 2.44 bits per heavy atom. The van der Waals surface area contributed by atoms with Gasteiger partial charge in [0.25, 0.3) is 5.91 Å². The number of anilines is 1. The number of nitrogens with one attached hydrogen (secondary N) is 1. The molecule has 0 bridgehead atoms. The van der Waals surface area contributed by atoms with Crippen molar-refractivity contribution in [1.82, 2.24) is 25.1 Å². The van der Waals surface area contributed by atoms with Gasteiger partial charge in [0.2, 0.25) is 5.67 Å². The maximum atomic E-state index is 14.4. The normalized spacial score (nSPS) is 22.8. The van der Waals surface area contributed by atoms with E-state index in [1.165, 1.54) is 24.2 Å². The second kappa shape index (κ2) is 11.9. The van der Waals surface area contributed by atoms with E-state index in [0.717, 1.165) is 31.5 Å². The van der Waals surface area contributed by atoms with Crippen molar-refractivity contribution < 1.29 is 36.6 Å². The van der Waals surface area contributed by atoms with Crippen molar-refractivity contribution in [2.75, 3.05) is 38.1 Å². The smallest absolute Gasteiger partial charge is 0.416 e. The Hall–Kier alpha value is -3.46. The number of carbonyl (C=O) groups excluding carboxylic acids is 1. The molecule has 9 nitrogen and oxygen atoms in total. The molecule has 1 unspecified atom stereocenters. The number of amides is 1. The minimum Gasteiger partial charge on any atom is -0.479 e. The van der Waals surface area contributed by atoms with Crippen LogP contribution in [0.15, 0.2) is 35.5 Å². The maximum Gasteiger partial charge on any atom is 0.416 e. The van der Waals surface area contributed by atoms with E-state index in [1.807, 2.05) is 0 Å². The highest BCUT2D eigenvalue weighted by molar-refractivity contribution is 8.04. The molecule has 3 aliphatic rings. The number of halogens is 5. The third-order valence-electron chi connectivity index (χ3n) is 8.15. The zero-order chi connectivity index (χ0) is 31.1. The van der Waals surface area contributed by atoms with Crippen LogP contribution >= 0.6 is 11.8 Å². The summed E-state index contributed by atoms with van der Waals surface area (Å²) < 4.78 is 69.4. The standard InChI is InChI=1S/C28H31F5N6O3S/c1-16-4-3-7-39(16)15-21-23(17-10-18(28(31,32)33)12-19(29)11-17)37(2)26(43-21)36-24(40)20-13-35-22(14-34-20)38-8-5-27(30,6-9-38)25(41)42/h10-14,16,26H,3-9,15H2,1-2H3,(H,36,40)(H,41,42)/t16-,26?/m1/s1. The first-order valence-electron chi connectivity index (χ1n) is 13.8. The Labute approximate surface area is 249 Å². The molecule has 1 aromatic heterocycles. The van der Waals surface area contributed by atoms with Crippen molar-refractivity contribution in [3.8, 4) is 0 Å². The Morgan fingerprint density at radius 2 is 1.86 bits per heavy atom. The summed E-state index contributed by atoms with van der Waals surface area (Å²) in [6.07, 6.45) is -0.569. The number of rotatable bonds is 7. The van der Waals surface area contributed by atoms with E-state index in [-0.39, 0.29) is 43.2 Å². The molecular weight excluding hydrogens is 595 g/mol. The summed E-state index contributed by atoms with van der Waals surface area (Å²) in [5.74, 6) is -2.72. The molecule has 0 aliphatic carbocycles. The highest BCUT2D eigenvalue weighted by atomic mass is 32.2. The summed E-state index contributed by atoms with van der Waals surface area (Å²) in [6, 6.07) is 2.71. The van der Waals surface area contributed by atoms with Gasteiger partial charge in [0.1, 0.15) is 17.3 Å². The number of alkyl halides is 4. The van der Waals surface area contributed by atoms with Crippen LogP contribution in [0, 0.1) is 5.82 Å². The largest absolute Gasteiger partial charge is 0.479 e. The van der Waals surface area contributed by atoms with Crippen LogP contribution in [0.2, 0.25) is 0 Å². The molecule has 2 N–H and O–H groups in total. The molecule has 3 aliphatic heterocycles. The molecule has 0 spiro atoms. The number of piperidine rings is 1. The highest BCUT2D eigenvalue weighted by Gasteiger charge is 2.42. The fourth-order valence-corrected chi connectivity index (χ4v) is 6.89. The van der Waals surface area contributed by atoms with Gasteiger partial charge in [-0.15, -0.1) is 0 Å². The van der Waals surface area contributed by atoms with Crippen molar-refractivity contribution >= 4 is 35.2 Å². The van der Waals surface area contributed by atoms with E-state index in [4.69, 9.17) is 5.11 Å². The molecule has 1 aromatic carbocycles. The number of nitrogens with zero attached hydrogens (tertiary/aromatic N) is 5. The molecule has 5 rings (SSSR count). The van der Waals surface area contributed by atoms with Gasteiger partial charge in [0.15, 0.2) is 5.50 Å². The number of benzene rings is 1. The molecular formula is C28H31F5N6O3S. The summed E-state index contributed by atoms with van der Waals surface area (Å²) >= 11 is 1.27. The van der Waals surface area contributed by atoms with Crippen LogP contribution in [0.1, 0.15) is 54.2 Å². The SMILES string of the molecule is C[C@@H]1CCCN1CC1=C(c2cc(F)cc(C(F)(F)F)c2)N(C)C(NC(=O)c2cnc(N3CCC(F)(C(=O)O)CC3)cn2)S1. The van der Waals surface area contributed by atoms with Crippen LogP contribution < -0.4 is 10.2 Å². The number of aliphatic carboxylic acids is 1. The maximum absolute atomic E-state index is 14.4. The van der Waals surface area contributed by atoms with Crippen molar-refractivity contribution in [3.05, 3.63) is 58.1 Å². The molecule has 0 radical (unpaired) electrons. The van der Waals surface area contributed by atoms with E-state index in [2.05, 4.69) is 27.1 Å². The molecule has 2 fully saturated rings. The van der Waals surface area contributed by atoms with Crippen LogP contribution in [0.3, 0.4) is 0 Å². The summed E-state index contributed by atoms with van der Waals surface area (Å²) in [7, 11) is 1.62. The lowest BCUT2D eigenvalue weighted by Crippen LogP contribution is -2.46. The average molecular weight is 627 g/mol. The van der Waals surface area contributed by atoms with E-state index >= 15 is 0 Å². The number of thioether (sulfide) groups is 1. The van der Waals surface area contributed by atoms with Gasteiger partial charge < -0.3 is 20.2 Å². The monoisotopic (exact) mass is 626 g/mol. The molecule has 4 heterocycles. The Kier molecular flexibility index (Phi) is 8.58. The highest BCUT2D eigenvalue weighted by Crippen LogP contribution is 2.43. The molecule has 0 saturated carbocycles. The fourth-order valence-electron chi connectivity index (χ4n) is 5.58. The minimum absolute atomic E-state index is 0.0200. The predicted octanol–water partition coefficient (Wildman–Crippen LogP) is 4.57. The van der Waals surface area contributed by atoms with Gasteiger partial charge in [-0.1, -0.05) is 11.8 Å². The van der Waals surface area contributed by atoms with Crippen LogP contribution in [-0.2, 0) is 11.0 Å². The Morgan fingerprint density at radius 1 is 1.14 bits per heavy atom. The van der Waals surface area contributed by atoms with Gasteiger partial charge in [-0.3, -0.25) is 9.69 Å². The number of carboxylic acid groups (broad SMARTS) is 1. The second-order valence-corrected chi connectivity index (χ2v) is 12.2. The number of likely N-dealkylation sites (tertiary alicyclic amines) is 1. The van der Waals surface area contributed by atoms with Crippen molar-refractivity contribution in [2.45, 2.75) is 56.0 Å². The minimum atomic E-state index is -4.73. The van der Waals surface area contributed by atoms with Gasteiger partial charge in [0, 0.05) is 56.0 Å². The summed E-state index contributed by atoms with van der Waals surface area (Å²) in [4.78, 5) is 39.0. The molecule has 2 saturated heterocycles. The quantitative estimate of drug-likeness (QED) is 0.428. The number of hydrogen-bond acceptors (Lipinski definition) is 8. The lowest BCUT2D eigenvalue weighted by atomic mass is 9.93. The second-order valence-electron chi connectivity index (χ2n) is 11.0. The van der Waals surface area contributed by atoms with Crippen LogP contribution in [-0.4, -0.2) is 87.2 Å². The van der Waals surface area contributed by atoms with Crippen molar-refractivity contribution in [1.29, 1.82) is 0 Å². The van der Waals surface area contributed by atoms with E-state index < -0.39 is 40.6 Å². The van der Waals surface area contributed by atoms with Gasteiger partial charge in [0.05, 0.1) is 23.7 Å². The van der Waals surface area contributed by atoms with Gasteiger partial charge >= 0.3 is 12.1 Å². The zero-order valence-electron chi connectivity index (χ0n) is 23.5. The van der Waals surface area contributed by atoms with Crippen molar-refractivity contribution in [3.63, 3.8) is 0 Å². The first-order valence-corrected chi connectivity index (χ1v) is 14.7. The number of aromatic nitrogens is 2. The van der Waals surface area contributed by atoms with Gasteiger partial charge in [-0.2, -0.15) is 13.2 Å². The van der Waals surface area contributed by atoms with Crippen LogP contribution in [0.25, 0.3) is 5.70 Å². The van der Waals surface area contributed by atoms with E-state index in [9.17, 15) is 31.5 Å². The van der Waals surface area contributed by atoms with E-state index in [0.29, 0.717) is 29.0 Å². The predicted molar refractivity (Wildman–Crippen MR) is 150 cm³/mol. The lowest BCUT2D eigenvalue weighted by molar-refractivity contribution is -0.152. The van der Waals surface area contributed by atoms with Gasteiger partial charge in [-0.05, 0) is 44.5 Å². The molecule has 2 aromatic rings. The molecule has 2 atom stereocenters.